The summed E-state index contributed by atoms with van der Waals surface area (Å²) in [7, 11) is 0. The maximum absolute atomic E-state index is 11.1. The van der Waals surface area contributed by atoms with Gasteiger partial charge in [-0.1, -0.05) is 28.1 Å². The van der Waals surface area contributed by atoms with Crippen molar-refractivity contribution in [1.29, 1.82) is 0 Å². The summed E-state index contributed by atoms with van der Waals surface area (Å²) in [4.78, 5) is 21.3. The Kier molecular flexibility index (Phi) is 2.37. The molecule has 1 unspecified atom stereocenters. The Morgan fingerprint density at radius 1 is 1.50 bits per heavy atom. The highest BCUT2D eigenvalue weighted by molar-refractivity contribution is 9.09. The Labute approximate surface area is 89.6 Å². The summed E-state index contributed by atoms with van der Waals surface area (Å²) in [6.07, 6.45) is 1.23. The van der Waals surface area contributed by atoms with E-state index < -0.39 is 0 Å². The number of nitrogens with one attached hydrogen (secondary N) is 1. The van der Waals surface area contributed by atoms with Crippen molar-refractivity contribution in [3.8, 4) is 0 Å². The van der Waals surface area contributed by atoms with Crippen LogP contribution in [-0.4, -0.2) is 12.2 Å². The molecule has 0 radical (unpaired) electrons. The first-order valence-electron chi connectivity index (χ1n) is 4.23. The predicted molar refractivity (Wildman–Crippen MR) is 56.5 cm³/mol. The highest BCUT2D eigenvalue weighted by Crippen LogP contribution is 2.28. The molecule has 1 aliphatic heterocycles. The molecule has 0 aliphatic carbocycles. The summed E-state index contributed by atoms with van der Waals surface area (Å²) in [5.41, 5.74) is 2.69. The summed E-state index contributed by atoms with van der Waals surface area (Å²) in [6.45, 7) is 0. The van der Waals surface area contributed by atoms with Gasteiger partial charge >= 0.3 is 0 Å². The summed E-state index contributed by atoms with van der Waals surface area (Å²) >= 11 is 3.23. The first-order valence-corrected chi connectivity index (χ1v) is 5.14. The van der Waals surface area contributed by atoms with E-state index in [2.05, 4.69) is 21.2 Å². The van der Waals surface area contributed by atoms with Crippen molar-refractivity contribution in [2.24, 2.45) is 0 Å². The van der Waals surface area contributed by atoms with Crippen molar-refractivity contribution >= 4 is 33.8 Å². The van der Waals surface area contributed by atoms with Gasteiger partial charge in [0.1, 0.15) is 6.29 Å². The molecule has 0 spiro atoms. The summed E-state index contributed by atoms with van der Waals surface area (Å²) in [6, 6.07) is 5.53. The molecular weight excluding hydrogens is 246 g/mol. The zero-order valence-electron chi connectivity index (χ0n) is 7.29. The molecule has 1 aromatic carbocycles. The molecule has 14 heavy (non-hydrogen) atoms. The Balaban J connectivity index is 2.37. The molecule has 0 bridgehead atoms. The van der Waals surface area contributed by atoms with E-state index in [9.17, 15) is 9.59 Å². The number of anilines is 1. The number of hydrogen-bond donors (Lipinski definition) is 1. The fourth-order valence-electron chi connectivity index (χ4n) is 1.50. The number of amides is 1. The van der Waals surface area contributed by atoms with Crippen LogP contribution in [0, 0.1) is 0 Å². The number of hydrogen-bond acceptors (Lipinski definition) is 2. The minimum absolute atomic E-state index is 0.00868. The zero-order chi connectivity index (χ0) is 10.1. The van der Waals surface area contributed by atoms with Crippen molar-refractivity contribution in [1.82, 2.24) is 0 Å². The molecule has 3 nitrogen and oxygen atoms in total. The van der Waals surface area contributed by atoms with Crippen LogP contribution in [0.2, 0.25) is 0 Å². The first-order chi connectivity index (χ1) is 6.70. The molecule has 1 heterocycles. The molecule has 0 saturated heterocycles. The molecule has 1 atom stereocenters. The van der Waals surface area contributed by atoms with Gasteiger partial charge in [0.15, 0.2) is 0 Å². The second kappa shape index (κ2) is 3.53. The van der Waals surface area contributed by atoms with E-state index in [4.69, 9.17) is 0 Å². The van der Waals surface area contributed by atoms with Gasteiger partial charge in [-0.05, 0) is 17.2 Å². The second-order valence-electron chi connectivity index (χ2n) is 3.18. The van der Waals surface area contributed by atoms with Gasteiger partial charge < -0.3 is 10.1 Å². The van der Waals surface area contributed by atoms with E-state index in [0.29, 0.717) is 6.42 Å². The van der Waals surface area contributed by atoms with Gasteiger partial charge in [0.2, 0.25) is 5.91 Å². The molecule has 1 aromatic rings. The highest BCUT2D eigenvalue weighted by Gasteiger charge is 2.18. The van der Waals surface area contributed by atoms with E-state index >= 15 is 0 Å². The number of halogens is 1. The maximum atomic E-state index is 11.1. The Hall–Kier alpha value is -1.16. The third-order valence-corrected chi connectivity index (χ3v) is 2.94. The zero-order valence-corrected chi connectivity index (χ0v) is 8.87. The molecule has 1 amide bonds. The van der Waals surface area contributed by atoms with E-state index in [1.165, 1.54) is 0 Å². The smallest absolute Gasteiger partial charge is 0.228 e. The van der Waals surface area contributed by atoms with Crippen LogP contribution in [0.3, 0.4) is 0 Å². The lowest BCUT2D eigenvalue weighted by Gasteiger charge is -2.04. The van der Waals surface area contributed by atoms with Gasteiger partial charge in [0, 0.05) is 5.69 Å². The highest BCUT2D eigenvalue weighted by atomic mass is 79.9. The minimum Gasteiger partial charge on any atom is -0.326 e. The van der Waals surface area contributed by atoms with Crippen LogP contribution in [0.15, 0.2) is 18.2 Å². The van der Waals surface area contributed by atoms with Gasteiger partial charge in [-0.15, -0.1) is 0 Å². The van der Waals surface area contributed by atoms with Gasteiger partial charge in [0.05, 0.1) is 11.2 Å². The largest absolute Gasteiger partial charge is 0.326 e. The van der Waals surface area contributed by atoms with Crippen LogP contribution >= 0.6 is 15.9 Å². The Bertz CT molecular complexity index is 403. The standard InChI is InChI=1S/C10H8BrNO2/c11-8(5-13)6-1-2-9-7(3-6)4-10(14)12-9/h1-3,5,8H,4H2,(H,12,14). The number of fused-ring (bicyclic) bond motifs is 1. The van der Waals surface area contributed by atoms with Crippen LogP contribution in [0.1, 0.15) is 16.0 Å². The number of carbonyl (C=O) groups excluding carboxylic acids is 2. The normalized spacial score (nSPS) is 15.9. The van der Waals surface area contributed by atoms with E-state index in [1.807, 2.05) is 18.2 Å². The quantitative estimate of drug-likeness (QED) is 0.646. The Morgan fingerprint density at radius 3 is 3.00 bits per heavy atom. The monoisotopic (exact) mass is 253 g/mol. The summed E-state index contributed by atoms with van der Waals surface area (Å²) in [5.74, 6) is 0.00868. The van der Waals surface area contributed by atoms with Crippen LogP contribution in [0.4, 0.5) is 5.69 Å². The van der Waals surface area contributed by atoms with Gasteiger partial charge in [-0.2, -0.15) is 0 Å². The van der Waals surface area contributed by atoms with Gasteiger partial charge in [-0.25, -0.2) is 0 Å². The van der Waals surface area contributed by atoms with Crippen LogP contribution in [-0.2, 0) is 16.0 Å². The lowest BCUT2D eigenvalue weighted by Crippen LogP contribution is -2.03. The number of benzene rings is 1. The molecule has 0 saturated carbocycles. The molecule has 0 aromatic heterocycles. The molecule has 1 N–H and O–H groups in total. The fourth-order valence-corrected chi connectivity index (χ4v) is 1.78. The van der Waals surface area contributed by atoms with Gasteiger partial charge in [0.25, 0.3) is 0 Å². The molecule has 1 aliphatic rings. The van der Waals surface area contributed by atoms with Gasteiger partial charge in [-0.3, -0.25) is 4.79 Å². The van der Waals surface area contributed by atoms with Crippen LogP contribution < -0.4 is 5.32 Å². The van der Waals surface area contributed by atoms with E-state index in [-0.39, 0.29) is 10.7 Å². The van der Waals surface area contributed by atoms with Crippen molar-refractivity contribution in [2.45, 2.75) is 11.2 Å². The van der Waals surface area contributed by atoms with Crippen molar-refractivity contribution < 1.29 is 9.59 Å². The summed E-state index contributed by atoms with van der Waals surface area (Å²) in [5, 5.41) is 2.74. The SMILES string of the molecule is O=CC(Br)c1ccc2c(c1)CC(=O)N2. The lowest BCUT2D eigenvalue weighted by atomic mass is 10.1. The Morgan fingerprint density at radius 2 is 2.29 bits per heavy atom. The third kappa shape index (κ3) is 1.57. The van der Waals surface area contributed by atoms with Crippen molar-refractivity contribution in [2.75, 3.05) is 5.32 Å². The number of alkyl halides is 1. The lowest BCUT2D eigenvalue weighted by molar-refractivity contribution is -0.115. The molecule has 2 rings (SSSR count). The molecular formula is C10H8BrNO2. The molecule has 4 heteroatoms. The minimum atomic E-state index is -0.288. The number of carbonyl (C=O) groups is 2. The average molecular weight is 254 g/mol. The molecule has 72 valence electrons. The van der Waals surface area contributed by atoms with E-state index in [1.54, 1.807) is 0 Å². The second-order valence-corrected chi connectivity index (χ2v) is 4.17. The van der Waals surface area contributed by atoms with Crippen LogP contribution in [0.25, 0.3) is 0 Å². The predicted octanol–water partition coefficient (Wildman–Crippen LogP) is 1.82. The third-order valence-electron chi connectivity index (χ3n) is 2.19. The van der Waals surface area contributed by atoms with Crippen LogP contribution in [0.5, 0.6) is 0 Å². The number of aldehydes is 1. The summed E-state index contributed by atoms with van der Waals surface area (Å²) < 4.78 is 0. The first kappa shape index (κ1) is 9.40. The average Bonchev–Trinajstić information content (AvgIpc) is 2.55. The molecule has 0 fully saturated rings. The van der Waals surface area contributed by atoms with Crippen molar-refractivity contribution in [3.63, 3.8) is 0 Å². The maximum Gasteiger partial charge on any atom is 0.228 e. The fraction of sp³-hybridized carbons (Fsp3) is 0.200. The van der Waals surface area contributed by atoms with E-state index in [0.717, 1.165) is 23.1 Å². The topological polar surface area (TPSA) is 46.2 Å². The number of rotatable bonds is 2. The van der Waals surface area contributed by atoms with Crippen molar-refractivity contribution in [3.05, 3.63) is 29.3 Å².